The average molecular weight is 333 g/mol. The lowest BCUT2D eigenvalue weighted by Gasteiger charge is -2.37. The molecule has 120 valence electrons. The van der Waals surface area contributed by atoms with Gasteiger partial charge in [0.1, 0.15) is 11.9 Å². The largest absolute Gasteiger partial charge is 0.488 e. The molecule has 0 unspecified atom stereocenters. The quantitative estimate of drug-likeness (QED) is 0.854. The summed E-state index contributed by atoms with van der Waals surface area (Å²) in [6, 6.07) is 14.0. The molecule has 2 aromatic carbocycles. The highest BCUT2D eigenvalue weighted by Crippen LogP contribution is 2.35. The first-order valence-electron chi connectivity index (χ1n) is 7.24. The Kier molecular flexibility index (Phi) is 3.39. The van der Waals surface area contributed by atoms with Crippen molar-refractivity contribution in [1.82, 2.24) is 4.31 Å². The van der Waals surface area contributed by atoms with E-state index >= 15 is 0 Å². The van der Waals surface area contributed by atoms with Crippen molar-refractivity contribution in [2.75, 3.05) is 19.9 Å². The maximum absolute atomic E-state index is 12.6. The highest BCUT2D eigenvalue weighted by molar-refractivity contribution is 7.89. The van der Waals surface area contributed by atoms with Gasteiger partial charge in [0.15, 0.2) is 11.5 Å². The molecule has 0 radical (unpaired) electrons. The van der Waals surface area contributed by atoms with Crippen LogP contribution in [0.15, 0.2) is 53.4 Å². The molecule has 0 saturated carbocycles. The molecule has 6 nitrogen and oxygen atoms in total. The highest BCUT2D eigenvalue weighted by atomic mass is 32.2. The van der Waals surface area contributed by atoms with E-state index in [-0.39, 0.29) is 17.8 Å². The van der Waals surface area contributed by atoms with Crippen LogP contribution in [0.4, 0.5) is 0 Å². The molecule has 1 saturated heterocycles. The number of sulfonamides is 1. The third-order valence-electron chi connectivity index (χ3n) is 3.84. The molecule has 0 atom stereocenters. The molecular weight excluding hydrogens is 318 g/mol. The first kappa shape index (κ1) is 14.3. The molecular formula is C16H15NO5S. The van der Waals surface area contributed by atoms with Crippen molar-refractivity contribution in [3.05, 3.63) is 48.5 Å². The van der Waals surface area contributed by atoms with E-state index in [0.29, 0.717) is 24.6 Å². The maximum Gasteiger partial charge on any atom is 0.243 e. The fourth-order valence-electron chi connectivity index (χ4n) is 2.55. The molecule has 0 bridgehead atoms. The van der Waals surface area contributed by atoms with Crippen molar-refractivity contribution in [2.45, 2.75) is 11.0 Å². The Morgan fingerprint density at radius 3 is 2.52 bits per heavy atom. The van der Waals surface area contributed by atoms with E-state index in [1.54, 1.807) is 6.07 Å². The van der Waals surface area contributed by atoms with Gasteiger partial charge in [-0.15, -0.1) is 0 Å². The second-order valence-electron chi connectivity index (χ2n) is 5.39. The standard InChI is InChI=1S/C16H15NO5S/c18-23(19,14-6-7-15-16(8-14)21-11-20-15)17-9-13(10-17)22-12-4-2-1-3-5-12/h1-8,13H,9-11H2. The summed E-state index contributed by atoms with van der Waals surface area (Å²) in [6.07, 6.45) is -0.124. The molecule has 0 amide bonds. The molecule has 0 aliphatic carbocycles. The zero-order valence-electron chi connectivity index (χ0n) is 12.2. The lowest BCUT2D eigenvalue weighted by molar-refractivity contribution is 0.0762. The summed E-state index contributed by atoms with van der Waals surface area (Å²) >= 11 is 0. The highest BCUT2D eigenvalue weighted by Gasteiger charge is 2.38. The molecule has 4 rings (SSSR count). The summed E-state index contributed by atoms with van der Waals surface area (Å²) in [6.45, 7) is 0.798. The van der Waals surface area contributed by atoms with Crippen LogP contribution in [0.3, 0.4) is 0 Å². The van der Waals surface area contributed by atoms with E-state index < -0.39 is 10.0 Å². The second-order valence-corrected chi connectivity index (χ2v) is 7.33. The Hall–Kier alpha value is -2.25. The van der Waals surface area contributed by atoms with Crippen molar-refractivity contribution in [2.24, 2.45) is 0 Å². The van der Waals surface area contributed by atoms with Crippen LogP contribution in [-0.4, -0.2) is 38.7 Å². The van der Waals surface area contributed by atoms with Gasteiger partial charge in [-0.25, -0.2) is 8.42 Å². The fraction of sp³-hybridized carbons (Fsp3) is 0.250. The van der Waals surface area contributed by atoms with E-state index in [2.05, 4.69) is 0 Å². The molecule has 1 fully saturated rings. The normalized spacial score (nSPS) is 17.7. The first-order chi connectivity index (χ1) is 11.1. The molecule has 2 aromatic rings. The number of para-hydroxylation sites is 1. The monoisotopic (exact) mass is 333 g/mol. The number of benzene rings is 2. The van der Waals surface area contributed by atoms with Crippen molar-refractivity contribution in [1.29, 1.82) is 0 Å². The summed E-state index contributed by atoms with van der Waals surface area (Å²) in [5, 5.41) is 0. The number of nitrogens with zero attached hydrogens (tertiary/aromatic N) is 1. The number of fused-ring (bicyclic) bond motifs is 1. The Labute approximate surface area is 134 Å². The van der Waals surface area contributed by atoms with Crippen LogP contribution in [0, 0.1) is 0 Å². The van der Waals surface area contributed by atoms with Gasteiger partial charge >= 0.3 is 0 Å². The Balaban J connectivity index is 1.45. The summed E-state index contributed by atoms with van der Waals surface area (Å²) in [7, 11) is -3.53. The number of rotatable bonds is 4. The summed E-state index contributed by atoms with van der Waals surface area (Å²) in [5.41, 5.74) is 0. The van der Waals surface area contributed by atoms with Crippen LogP contribution in [0.2, 0.25) is 0 Å². The molecule has 2 heterocycles. The van der Waals surface area contributed by atoms with Gasteiger partial charge in [0.05, 0.1) is 18.0 Å². The van der Waals surface area contributed by atoms with Crippen molar-refractivity contribution in [3.8, 4) is 17.2 Å². The molecule has 2 aliphatic rings. The van der Waals surface area contributed by atoms with E-state index in [4.69, 9.17) is 14.2 Å². The fourth-order valence-corrected chi connectivity index (χ4v) is 4.07. The van der Waals surface area contributed by atoms with Crippen molar-refractivity contribution in [3.63, 3.8) is 0 Å². The van der Waals surface area contributed by atoms with E-state index in [1.807, 2.05) is 30.3 Å². The number of hydrogen-bond acceptors (Lipinski definition) is 5. The zero-order chi connectivity index (χ0) is 15.9. The second kappa shape index (κ2) is 5.43. The van der Waals surface area contributed by atoms with Gasteiger partial charge in [-0.05, 0) is 24.3 Å². The van der Waals surface area contributed by atoms with Crippen molar-refractivity contribution < 1.29 is 22.6 Å². The van der Waals surface area contributed by atoms with Gasteiger partial charge in [-0.3, -0.25) is 0 Å². The zero-order valence-corrected chi connectivity index (χ0v) is 13.0. The van der Waals surface area contributed by atoms with E-state index in [1.165, 1.54) is 16.4 Å². The molecule has 7 heteroatoms. The number of ether oxygens (including phenoxy) is 3. The number of hydrogen-bond donors (Lipinski definition) is 0. The molecule has 0 aromatic heterocycles. The minimum atomic E-state index is -3.53. The summed E-state index contributed by atoms with van der Waals surface area (Å²) < 4.78 is 42.7. The van der Waals surface area contributed by atoms with Gasteiger partial charge in [-0.1, -0.05) is 18.2 Å². The molecule has 23 heavy (non-hydrogen) atoms. The Bertz CT molecular complexity index is 816. The minimum Gasteiger partial charge on any atom is -0.488 e. The Morgan fingerprint density at radius 2 is 1.74 bits per heavy atom. The lowest BCUT2D eigenvalue weighted by atomic mass is 10.2. The van der Waals surface area contributed by atoms with E-state index in [9.17, 15) is 8.42 Å². The lowest BCUT2D eigenvalue weighted by Crippen LogP contribution is -2.55. The van der Waals surface area contributed by atoms with E-state index in [0.717, 1.165) is 5.75 Å². The first-order valence-corrected chi connectivity index (χ1v) is 8.68. The Morgan fingerprint density at radius 1 is 1.00 bits per heavy atom. The van der Waals surface area contributed by atoms with Gasteiger partial charge in [0, 0.05) is 6.07 Å². The molecule has 0 spiro atoms. The summed E-state index contributed by atoms with van der Waals surface area (Å²) in [5.74, 6) is 1.78. The van der Waals surface area contributed by atoms with Crippen LogP contribution < -0.4 is 14.2 Å². The third-order valence-corrected chi connectivity index (χ3v) is 5.67. The average Bonchev–Trinajstić information content (AvgIpc) is 2.99. The maximum atomic E-state index is 12.6. The SMILES string of the molecule is O=S(=O)(c1ccc2c(c1)OCO2)N1CC(Oc2ccccc2)C1. The van der Waals surface area contributed by atoms with Gasteiger partial charge < -0.3 is 14.2 Å². The van der Waals surface area contributed by atoms with Crippen LogP contribution >= 0.6 is 0 Å². The van der Waals surface area contributed by atoms with Crippen LogP contribution in [0.5, 0.6) is 17.2 Å². The topological polar surface area (TPSA) is 65.1 Å². The van der Waals surface area contributed by atoms with Crippen LogP contribution in [-0.2, 0) is 10.0 Å². The van der Waals surface area contributed by atoms with Crippen molar-refractivity contribution >= 4 is 10.0 Å². The molecule has 0 N–H and O–H groups in total. The van der Waals surface area contributed by atoms with Gasteiger partial charge in [0.25, 0.3) is 0 Å². The summed E-state index contributed by atoms with van der Waals surface area (Å²) in [4.78, 5) is 0.208. The van der Waals surface area contributed by atoms with Gasteiger partial charge in [-0.2, -0.15) is 4.31 Å². The minimum absolute atomic E-state index is 0.121. The smallest absolute Gasteiger partial charge is 0.243 e. The third kappa shape index (κ3) is 2.62. The predicted molar refractivity (Wildman–Crippen MR) is 82.2 cm³/mol. The molecule has 2 aliphatic heterocycles. The predicted octanol–water partition coefficient (Wildman–Crippen LogP) is 1.87. The van der Waals surface area contributed by atoms with Gasteiger partial charge in [0.2, 0.25) is 16.8 Å². The van der Waals surface area contributed by atoms with Crippen LogP contribution in [0.1, 0.15) is 0 Å². The van der Waals surface area contributed by atoms with Crippen LogP contribution in [0.25, 0.3) is 0 Å².